The van der Waals surface area contributed by atoms with Crippen molar-refractivity contribution in [2.45, 2.75) is 53.0 Å². The number of hydrogen-bond donors (Lipinski definition) is 1. The minimum Gasteiger partial charge on any atom is -0.332 e. The molecule has 0 saturated heterocycles. The molecule has 1 aromatic carbocycles. The van der Waals surface area contributed by atoms with Gasteiger partial charge < -0.3 is 10.2 Å². The third kappa shape index (κ3) is 5.00. The van der Waals surface area contributed by atoms with E-state index in [1.54, 1.807) is 11.3 Å². The molecule has 1 N–H and O–H groups in total. The highest BCUT2D eigenvalue weighted by Crippen LogP contribution is 2.35. The number of aromatic nitrogens is 2. The SMILES string of the molecule is CCCN(CC(=O)Nc1ccccc1C)C(=O)Cn1cnc2sc3c(c2c1=O)CCC(C)C3. The summed E-state index contributed by atoms with van der Waals surface area (Å²) in [5.41, 5.74) is 2.63. The lowest BCUT2D eigenvalue weighted by atomic mass is 9.89. The van der Waals surface area contributed by atoms with Crippen LogP contribution in [0.15, 0.2) is 35.4 Å². The molecular weight excluding hydrogens is 436 g/mol. The first-order chi connectivity index (χ1) is 15.9. The van der Waals surface area contributed by atoms with Gasteiger partial charge in [0, 0.05) is 17.1 Å². The van der Waals surface area contributed by atoms with Crippen LogP contribution in [0.3, 0.4) is 0 Å². The van der Waals surface area contributed by atoms with Crippen LogP contribution in [0.4, 0.5) is 5.69 Å². The molecule has 3 aromatic rings. The molecule has 2 aromatic heterocycles. The van der Waals surface area contributed by atoms with Gasteiger partial charge in [-0.2, -0.15) is 0 Å². The van der Waals surface area contributed by atoms with Gasteiger partial charge in [0.15, 0.2) is 0 Å². The molecule has 0 radical (unpaired) electrons. The number of nitrogens with zero attached hydrogens (tertiary/aromatic N) is 3. The van der Waals surface area contributed by atoms with Crippen LogP contribution in [-0.2, 0) is 29.0 Å². The fraction of sp³-hybridized carbons (Fsp3) is 0.440. The summed E-state index contributed by atoms with van der Waals surface area (Å²) in [7, 11) is 0. The number of carbonyl (C=O) groups is 2. The van der Waals surface area contributed by atoms with E-state index < -0.39 is 0 Å². The van der Waals surface area contributed by atoms with E-state index in [-0.39, 0.29) is 30.5 Å². The minimum atomic E-state index is -0.266. The highest BCUT2D eigenvalue weighted by atomic mass is 32.1. The lowest BCUT2D eigenvalue weighted by Gasteiger charge is -2.22. The maximum atomic E-state index is 13.2. The Balaban J connectivity index is 1.51. The number of fused-ring (bicyclic) bond motifs is 3. The summed E-state index contributed by atoms with van der Waals surface area (Å²) in [5, 5.41) is 3.54. The average molecular weight is 467 g/mol. The second kappa shape index (κ2) is 9.87. The van der Waals surface area contributed by atoms with Crippen molar-refractivity contribution in [2.24, 2.45) is 5.92 Å². The van der Waals surface area contributed by atoms with Gasteiger partial charge in [0.2, 0.25) is 11.8 Å². The van der Waals surface area contributed by atoms with E-state index >= 15 is 0 Å². The number of benzene rings is 1. The Morgan fingerprint density at radius 2 is 2.09 bits per heavy atom. The van der Waals surface area contributed by atoms with Crippen LogP contribution in [0.25, 0.3) is 10.2 Å². The first-order valence-electron chi connectivity index (χ1n) is 11.5. The first-order valence-corrected chi connectivity index (χ1v) is 12.3. The Bertz CT molecular complexity index is 1250. The summed E-state index contributed by atoms with van der Waals surface area (Å²) in [6.45, 7) is 6.37. The lowest BCUT2D eigenvalue weighted by molar-refractivity contribution is -0.135. The van der Waals surface area contributed by atoms with E-state index in [4.69, 9.17) is 0 Å². The summed E-state index contributed by atoms with van der Waals surface area (Å²) >= 11 is 1.60. The van der Waals surface area contributed by atoms with Crippen molar-refractivity contribution in [3.63, 3.8) is 0 Å². The second-order valence-corrected chi connectivity index (χ2v) is 9.97. The number of nitrogens with one attached hydrogen (secondary N) is 1. The van der Waals surface area contributed by atoms with E-state index in [1.807, 2.05) is 38.1 Å². The number of aryl methyl sites for hydroxylation is 2. The number of para-hydroxylation sites is 1. The fourth-order valence-electron chi connectivity index (χ4n) is 4.36. The van der Waals surface area contributed by atoms with Gasteiger partial charge in [-0.1, -0.05) is 32.0 Å². The normalized spacial score (nSPS) is 15.3. The van der Waals surface area contributed by atoms with Gasteiger partial charge in [0.25, 0.3) is 5.56 Å². The molecule has 33 heavy (non-hydrogen) atoms. The third-order valence-corrected chi connectivity index (χ3v) is 7.35. The Hall–Kier alpha value is -3.00. The molecule has 7 nitrogen and oxygen atoms in total. The van der Waals surface area contributed by atoms with Crippen molar-refractivity contribution in [2.75, 3.05) is 18.4 Å². The lowest BCUT2D eigenvalue weighted by Crippen LogP contribution is -2.41. The molecule has 2 amide bonds. The van der Waals surface area contributed by atoms with E-state index in [0.29, 0.717) is 24.3 Å². The van der Waals surface area contributed by atoms with Crippen LogP contribution in [0.2, 0.25) is 0 Å². The van der Waals surface area contributed by atoms with E-state index in [2.05, 4.69) is 17.2 Å². The molecule has 174 valence electrons. The molecule has 8 heteroatoms. The number of anilines is 1. The third-order valence-electron chi connectivity index (χ3n) is 6.19. The Morgan fingerprint density at radius 1 is 1.30 bits per heavy atom. The number of hydrogen-bond acceptors (Lipinski definition) is 5. The van der Waals surface area contributed by atoms with Crippen LogP contribution in [0.1, 0.15) is 42.7 Å². The number of thiophene rings is 1. The predicted octanol–water partition coefficient (Wildman–Crippen LogP) is 3.77. The average Bonchev–Trinajstić information content (AvgIpc) is 3.15. The van der Waals surface area contributed by atoms with Crippen LogP contribution in [0, 0.1) is 12.8 Å². The smallest absolute Gasteiger partial charge is 0.262 e. The molecule has 0 fully saturated rings. The highest BCUT2D eigenvalue weighted by Gasteiger charge is 2.24. The summed E-state index contributed by atoms with van der Waals surface area (Å²) in [6, 6.07) is 7.52. The number of amides is 2. The summed E-state index contributed by atoms with van der Waals surface area (Å²) in [4.78, 5) is 46.9. The van der Waals surface area contributed by atoms with Crippen molar-refractivity contribution in [3.8, 4) is 0 Å². The van der Waals surface area contributed by atoms with Crippen molar-refractivity contribution < 1.29 is 9.59 Å². The largest absolute Gasteiger partial charge is 0.332 e. The van der Waals surface area contributed by atoms with Crippen molar-refractivity contribution in [1.29, 1.82) is 0 Å². The molecule has 1 aliphatic carbocycles. The Kier molecular flexibility index (Phi) is 6.93. The van der Waals surface area contributed by atoms with Gasteiger partial charge in [0.1, 0.15) is 11.4 Å². The van der Waals surface area contributed by atoms with Crippen molar-refractivity contribution in [3.05, 3.63) is 57.0 Å². The summed E-state index contributed by atoms with van der Waals surface area (Å²) in [5.74, 6) is 0.0913. The molecule has 1 aliphatic rings. The standard InChI is InChI=1S/C25H30N4O3S/c1-4-11-28(13-21(30)27-19-8-6-5-7-17(19)3)22(31)14-29-15-26-24-23(25(29)32)18-10-9-16(2)12-20(18)33-24/h5-8,15-16H,4,9-14H2,1-3H3,(H,27,30). The maximum absolute atomic E-state index is 13.2. The topological polar surface area (TPSA) is 84.3 Å². The zero-order chi connectivity index (χ0) is 23.5. The van der Waals surface area contributed by atoms with Crippen LogP contribution in [0.5, 0.6) is 0 Å². The number of rotatable bonds is 7. The van der Waals surface area contributed by atoms with Gasteiger partial charge >= 0.3 is 0 Å². The minimum absolute atomic E-state index is 0.0584. The zero-order valence-corrected chi connectivity index (χ0v) is 20.2. The fourth-order valence-corrected chi connectivity index (χ4v) is 5.70. The first kappa shape index (κ1) is 23.2. The monoisotopic (exact) mass is 466 g/mol. The molecule has 1 unspecified atom stereocenters. The van der Waals surface area contributed by atoms with Crippen LogP contribution >= 0.6 is 11.3 Å². The highest BCUT2D eigenvalue weighted by molar-refractivity contribution is 7.18. The van der Waals surface area contributed by atoms with E-state index in [9.17, 15) is 14.4 Å². The molecule has 4 rings (SSSR count). The molecule has 0 aliphatic heterocycles. The van der Waals surface area contributed by atoms with Crippen molar-refractivity contribution >= 4 is 39.1 Å². The van der Waals surface area contributed by atoms with Gasteiger partial charge in [-0.05, 0) is 55.7 Å². The molecule has 0 spiro atoms. The van der Waals surface area contributed by atoms with Crippen molar-refractivity contribution in [1.82, 2.24) is 14.5 Å². The van der Waals surface area contributed by atoms with E-state index in [1.165, 1.54) is 20.7 Å². The Morgan fingerprint density at radius 3 is 2.85 bits per heavy atom. The van der Waals surface area contributed by atoms with E-state index in [0.717, 1.165) is 40.9 Å². The zero-order valence-electron chi connectivity index (χ0n) is 19.4. The summed E-state index contributed by atoms with van der Waals surface area (Å²) < 4.78 is 1.39. The summed E-state index contributed by atoms with van der Waals surface area (Å²) in [6.07, 6.45) is 5.10. The van der Waals surface area contributed by atoms with Crippen LogP contribution in [-0.4, -0.2) is 39.4 Å². The molecule has 0 bridgehead atoms. The maximum Gasteiger partial charge on any atom is 0.262 e. The van der Waals surface area contributed by atoms with Gasteiger partial charge in [-0.15, -0.1) is 11.3 Å². The second-order valence-electron chi connectivity index (χ2n) is 8.89. The molecule has 2 heterocycles. The predicted molar refractivity (Wildman–Crippen MR) is 132 cm³/mol. The molecular formula is C25H30N4O3S. The number of carbonyl (C=O) groups excluding carboxylic acids is 2. The van der Waals surface area contributed by atoms with Gasteiger partial charge in [-0.25, -0.2) is 4.98 Å². The molecule has 1 atom stereocenters. The molecule has 0 saturated carbocycles. The Labute approximate surface area is 197 Å². The quantitative estimate of drug-likeness (QED) is 0.575. The van der Waals surface area contributed by atoms with Gasteiger partial charge in [-0.3, -0.25) is 19.0 Å². The van der Waals surface area contributed by atoms with Gasteiger partial charge in [0.05, 0.1) is 18.3 Å². The van der Waals surface area contributed by atoms with Crippen LogP contribution < -0.4 is 10.9 Å².